The predicted molar refractivity (Wildman–Crippen MR) is 157 cm³/mol. The summed E-state index contributed by atoms with van der Waals surface area (Å²) in [4.78, 5) is 58.8. The van der Waals surface area contributed by atoms with E-state index in [9.17, 15) is 19.2 Å². The first-order chi connectivity index (χ1) is 19.9. The highest BCUT2D eigenvalue weighted by molar-refractivity contribution is 6.31. The van der Waals surface area contributed by atoms with Crippen molar-refractivity contribution >= 4 is 51.4 Å². The average molecular weight is 559 g/mol. The highest BCUT2D eigenvalue weighted by Gasteiger charge is 2.63. The Bertz CT molecular complexity index is 1810. The molecule has 0 aliphatic carbocycles. The van der Waals surface area contributed by atoms with Crippen LogP contribution in [0.2, 0.25) is 5.02 Å². The Hall–Kier alpha value is -4.81. The molecule has 2 amide bonds. The van der Waals surface area contributed by atoms with Gasteiger partial charge in [-0.3, -0.25) is 19.2 Å². The van der Waals surface area contributed by atoms with Crippen molar-refractivity contribution in [2.45, 2.75) is 12.1 Å². The summed E-state index contributed by atoms with van der Waals surface area (Å²) in [5.74, 6) is -3.04. The molecule has 0 unspecified atom stereocenters. The number of nitrogens with zero attached hydrogens (tertiary/aromatic N) is 2. The second-order valence-electron chi connectivity index (χ2n) is 10.4. The number of hydrogen-bond donors (Lipinski definition) is 0. The number of anilines is 1. The standard InChI is InChI=1S/C34H23ClN2O4/c35-24-15-13-22(14-16-24)32(39)30-29-28(27-19-23(17-18-36(27)30)31(38)21-8-2-1-3-9-21)33(40)37(34(29)41)26-12-6-10-20-7-4-5-11-25(20)26/h1-19,27-30H/t27-,28+,29+,30-/m1/s1. The molecule has 0 N–H and O–H groups in total. The van der Waals surface area contributed by atoms with E-state index >= 15 is 0 Å². The molecule has 4 aromatic rings. The molecule has 4 aromatic carbocycles. The van der Waals surface area contributed by atoms with E-state index in [1.54, 1.807) is 77.8 Å². The molecule has 200 valence electrons. The topological polar surface area (TPSA) is 74.8 Å². The number of amides is 2. The summed E-state index contributed by atoms with van der Waals surface area (Å²) in [7, 11) is 0. The van der Waals surface area contributed by atoms with E-state index in [1.807, 2.05) is 42.5 Å². The van der Waals surface area contributed by atoms with Crippen LogP contribution in [0.25, 0.3) is 10.8 Å². The van der Waals surface area contributed by atoms with E-state index in [0.29, 0.717) is 27.4 Å². The van der Waals surface area contributed by atoms with Crippen molar-refractivity contribution in [1.82, 2.24) is 4.90 Å². The summed E-state index contributed by atoms with van der Waals surface area (Å²) < 4.78 is 0. The minimum atomic E-state index is -0.929. The van der Waals surface area contributed by atoms with Crippen LogP contribution in [0.1, 0.15) is 20.7 Å². The number of carbonyl (C=O) groups is 4. The molecule has 0 radical (unpaired) electrons. The number of fused-ring (bicyclic) bond motifs is 4. The van der Waals surface area contributed by atoms with Crippen LogP contribution in [0.15, 0.2) is 121 Å². The summed E-state index contributed by atoms with van der Waals surface area (Å²) in [6, 6.07) is 26.9. The number of carbonyl (C=O) groups excluding carboxylic acids is 4. The molecule has 0 bridgehead atoms. The minimum absolute atomic E-state index is 0.187. The van der Waals surface area contributed by atoms with Crippen molar-refractivity contribution < 1.29 is 19.2 Å². The van der Waals surface area contributed by atoms with Gasteiger partial charge in [0.25, 0.3) is 0 Å². The van der Waals surface area contributed by atoms with Gasteiger partial charge < -0.3 is 4.90 Å². The van der Waals surface area contributed by atoms with Gasteiger partial charge in [0.2, 0.25) is 11.8 Å². The van der Waals surface area contributed by atoms with Crippen molar-refractivity contribution in [3.05, 3.63) is 137 Å². The first-order valence-electron chi connectivity index (χ1n) is 13.4. The fourth-order valence-electron chi connectivity index (χ4n) is 6.38. The van der Waals surface area contributed by atoms with Crippen LogP contribution in [0.4, 0.5) is 5.69 Å². The van der Waals surface area contributed by atoms with Gasteiger partial charge in [-0.05, 0) is 41.8 Å². The molecule has 3 heterocycles. The lowest BCUT2D eigenvalue weighted by Gasteiger charge is -2.33. The molecule has 2 fully saturated rings. The van der Waals surface area contributed by atoms with E-state index in [2.05, 4.69) is 0 Å². The van der Waals surface area contributed by atoms with Gasteiger partial charge in [0.05, 0.1) is 23.6 Å². The third-order valence-corrected chi connectivity index (χ3v) is 8.50. The van der Waals surface area contributed by atoms with Crippen molar-refractivity contribution in [2.75, 3.05) is 4.90 Å². The third kappa shape index (κ3) is 3.94. The maximum Gasteiger partial charge on any atom is 0.240 e. The van der Waals surface area contributed by atoms with Crippen LogP contribution in [-0.4, -0.2) is 40.4 Å². The lowest BCUT2D eigenvalue weighted by atomic mass is 9.85. The summed E-state index contributed by atoms with van der Waals surface area (Å²) >= 11 is 6.07. The Morgan fingerprint density at radius 3 is 2.17 bits per heavy atom. The smallest absolute Gasteiger partial charge is 0.240 e. The fourth-order valence-corrected chi connectivity index (χ4v) is 6.51. The number of Topliss-reactive ketones (excluding diaryl/α,β-unsaturated/α-hetero) is 2. The molecule has 7 rings (SSSR count). The van der Waals surface area contributed by atoms with Crippen LogP contribution in [0, 0.1) is 11.8 Å². The van der Waals surface area contributed by atoms with Crippen molar-refractivity contribution in [1.29, 1.82) is 0 Å². The molecule has 0 spiro atoms. The Morgan fingerprint density at radius 1 is 0.707 bits per heavy atom. The van der Waals surface area contributed by atoms with Gasteiger partial charge in [-0.15, -0.1) is 0 Å². The molecule has 2 saturated heterocycles. The quantitative estimate of drug-likeness (QED) is 0.226. The fraction of sp³-hybridized carbons (Fsp3) is 0.118. The van der Waals surface area contributed by atoms with Crippen LogP contribution < -0.4 is 4.90 Å². The van der Waals surface area contributed by atoms with E-state index < -0.39 is 29.8 Å². The molecule has 3 aliphatic rings. The lowest BCUT2D eigenvalue weighted by Crippen LogP contribution is -2.46. The average Bonchev–Trinajstić information content (AvgIpc) is 3.48. The number of halogens is 1. The number of hydrogen-bond acceptors (Lipinski definition) is 5. The third-order valence-electron chi connectivity index (χ3n) is 8.25. The molecular formula is C34H23ClN2O4. The van der Waals surface area contributed by atoms with Crippen LogP contribution >= 0.6 is 11.6 Å². The molecule has 7 heteroatoms. The van der Waals surface area contributed by atoms with Gasteiger partial charge in [0.15, 0.2) is 11.6 Å². The number of rotatable bonds is 5. The SMILES string of the molecule is O=C(C1=C[C@@H]2[C@@H]3C(=O)N(c4cccc5ccccc45)C(=O)[C@@H]3[C@H](C(=O)c3ccc(Cl)cc3)N2C=C1)c1ccccc1. The first-order valence-corrected chi connectivity index (χ1v) is 13.7. The monoisotopic (exact) mass is 558 g/mol. The number of allylic oxidation sites excluding steroid dienone is 2. The van der Waals surface area contributed by atoms with Gasteiger partial charge in [-0.1, -0.05) is 84.4 Å². The minimum Gasteiger partial charge on any atom is -0.359 e. The Kier molecular flexibility index (Phi) is 5.94. The zero-order valence-corrected chi connectivity index (χ0v) is 22.4. The van der Waals surface area contributed by atoms with Gasteiger partial charge in [0.1, 0.15) is 6.04 Å². The predicted octanol–water partition coefficient (Wildman–Crippen LogP) is 5.87. The largest absolute Gasteiger partial charge is 0.359 e. The molecule has 4 atom stereocenters. The maximum absolute atomic E-state index is 14.2. The Morgan fingerprint density at radius 2 is 1.39 bits per heavy atom. The van der Waals surface area contributed by atoms with Gasteiger partial charge in [-0.25, -0.2) is 4.90 Å². The molecule has 0 saturated carbocycles. The Labute approximate surface area is 241 Å². The highest BCUT2D eigenvalue weighted by Crippen LogP contribution is 2.48. The van der Waals surface area contributed by atoms with Crippen molar-refractivity contribution in [3.63, 3.8) is 0 Å². The van der Waals surface area contributed by atoms with Gasteiger partial charge in [0, 0.05) is 33.3 Å². The summed E-state index contributed by atoms with van der Waals surface area (Å²) in [6.45, 7) is 0. The summed E-state index contributed by atoms with van der Waals surface area (Å²) in [6.07, 6.45) is 5.08. The van der Waals surface area contributed by atoms with Crippen molar-refractivity contribution in [3.8, 4) is 0 Å². The van der Waals surface area contributed by atoms with E-state index in [-0.39, 0.29) is 17.5 Å². The van der Waals surface area contributed by atoms with E-state index in [4.69, 9.17) is 11.6 Å². The number of ketones is 2. The number of imide groups is 1. The lowest BCUT2D eigenvalue weighted by molar-refractivity contribution is -0.123. The zero-order chi connectivity index (χ0) is 28.2. The first kappa shape index (κ1) is 25.2. The molecular weight excluding hydrogens is 536 g/mol. The molecule has 6 nitrogen and oxygen atoms in total. The summed E-state index contributed by atoms with van der Waals surface area (Å²) in [5, 5.41) is 2.16. The second kappa shape index (κ2) is 9.68. The van der Waals surface area contributed by atoms with Crippen LogP contribution in [-0.2, 0) is 9.59 Å². The Balaban J connectivity index is 1.34. The molecule has 41 heavy (non-hydrogen) atoms. The maximum atomic E-state index is 14.2. The van der Waals surface area contributed by atoms with E-state index in [0.717, 1.165) is 10.8 Å². The highest BCUT2D eigenvalue weighted by atomic mass is 35.5. The normalized spacial score (nSPS) is 23.0. The molecule has 3 aliphatic heterocycles. The van der Waals surface area contributed by atoms with Gasteiger partial charge >= 0.3 is 0 Å². The van der Waals surface area contributed by atoms with Crippen molar-refractivity contribution in [2.24, 2.45) is 11.8 Å². The van der Waals surface area contributed by atoms with E-state index in [1.165, 1.54) is 4.90 Å². The molecule has 0 aromatic heterocycles. The zero-order valence-electron chi connectivity index (χ0n) is 21.7. The number of benzene rings is 4. The van der Waals surface area contributed by atoms with Crippen LogP contribution in [0.3, 0.4) is 0 Å². The summed E-state index contributed by atoms with van der Waals surface area (Å²) in [5.41, 5.74) is 1.82. The second-order valence-corrected chi connectivity index (χ2v) is 10.9. The van der Waals surface area contributed by atoms with Gasteiger partial charge in [-0.2, -0.15) is 0 Å². The van der Waals surface area contributed by atoms with Crippen LogP contribution in [0.5, 0.6) is 0 Å².